The predicted molar refractivity (Wildman–Crippen MR) is 95.9 cm³/mol. The first-order valence-corrected chi connectivity index (χ1v) is 8.98. The molecule has 0 radical (unpaired) electrons. The Bertz CT molecular complexity index is 828. The summed E-state index contributed by atoms with van der Waals surface area (Å²) >= 11 is 11.7. The number of amides is 1. The number of aromatic nitrogens is 2. The lowest BCUT2D eigenvalue weighted by molar-refractivity contribution is -0.141. The Hall–Kier alpha value is -1.77. The molecule has 0 atom stereocenters. The third-order valence-corrected chi connectivity index (χ3v) is 5.05. The summed E-state index contributed by atoms with van der Waals surface area (Å²) in [5.74, 6) is -0.545. The topological polar surface area (TPSA) is 41.4 Å². The summed E-state index contributed by atoms with van der Waals surface area (Å²) in [6.07, 6.45) is -4.70. The van der Waals surface area contributed by atoms with Gasteiger partial charge < -0.3 is 4.90 Å². The molecule has 10 heteroatoms. The molecule has 3 rings (SSSR count). The summed E-state index contributed by atoms with van der Waals surface area (Å²) in [7, 11) is 1.28. The van der Waals surface area contributed by atoms with Gasteiger partial charge in [0.2, 0.25) is 0 Å². The molecule has 1 amide bonds. The van der Waals surface area contributed by atoms with E-state index in [0.29, 0.717) is 37.7 Å². The van der Waals surface area contributed by atoms with Crippen LogP contribution >= 0.6 is 23.2 Å². The normalized spacial score (nSPS) is 16.0. The van der Waals surface area contributed by atoms with E-state index in [1.165, 1.54) is 11.9 Å². The Morgan fingerprint density at radius 2 is 1.70 bits per heavy atom. The van der Waals surface area contributed by atoms with Gasteiger partial charge in [0.15, 0.2) is 5.69 Å². The van der Waals surface area contributed by atoms with E-state index >= 15 is 0 Å². The lowest BCUT2D eigenvalue weighted by Gasteiger charge is -2.34. The monoisotopic (exact) mass is 420 g/mol. The van der Waals surface area contributed by atoms with Gasteiger partial charge in [-0.15, -0.1) is 0 Å². The van der Waals surface area contributed by atoms with Crippen molar-refractivity contribution in [2.24, 2.45) is 7.05 Å². The molecule has 2 heterocycles. The van der Waals surface area contributed by atoms with Crippen molar-refractivity contribution in [2.75, 3.05) is 26.2 Å². The maximum Gasteiger partial charge on any atom is 0.436 e. The molecular formula is C17H17Cl2F3N4O. The minimum Gasteiger partial charge on any atom is -0.335 e. The lowest BCUT2D eigenvalue weighted by Crippen LogP contribution is -2.48. The standard InChI is InChI=1S/C17H17Cl2F3N4O/c1-24-14(13(19)15(23-24)17(20,21)22)16(27)26-8-6-25(7-9-26)10-11-2-4-12(18)5-3-11/h2-5H,6-10H2,1H3. The molecule has 0 aliphatic carbocycles. The fourth-order valence-corrected chi connectivity index (χ4v) is 3.49. The van der Waals surface area contributed by atoms with Gasteiger partial charge in [0.05, 0.1) is 0 Å². The van der Waals surface area contributed by atoms with E-state index in [-0.39, 0.29) is 5.69 Å². The zero-order valence-corrected chi connectivity index (χ0v) is 15.9. The second kappa shape index (κ2) is 7.69. The van der Waals surface area contributed by atoms with Crippen molar-refractivity contribution >= 4 is 29.1 Å². The summed E-state index contributed by atoms with van der Waals surface area (Å²) in [5, 5.41) is 3.38. The van der Waals surface area contributed by atoms with E-state index < -0.39 is 22.8 Å². The van der Waals surface area contributed by atoms with E-state index in [1.807, 2.05) is 24.3 Å². The Labute approximate surface area is 164 Å². The molecule has 1 aliphatic rings. The van der Waals surface area contributed by atoms with E-state index in [2.05, 4.69) is 10.00 Å². The van der Waals surface area contributed by atoms with Gasteiger partial charge in [0.25, 0.3) is 5.91 Å². The Kier molecular flexibility index (Phi) is 5.69. The zero-order chi connectivity index (χ0) is 19.8. The van der Waals surface area contributed by atoms with Gasteiger partial charge in [0, 0.05) is 44.8 Å². The molecule has 0 saturated carbocycles. The Balaban J connectivity index is 1.65. The first kappa shape index (κ1) is 20.0. The van der Waals surface area contributed by atoms with Gasteiger partial charge in [-0.3, -0.25) is 14.4 Å². The van der Waals surface area contributed by atoms with Crippen molar-refractivity contribution in [2.45, 2.75) is 12.7 Å². The van der Waals surface area contributed by atoms with Crippen molar-refractivity contribution in [3.63, 3.8) is 0 Å². The van der Waals surface area contributed by atoms with Crippen LogP contribution in [0.4, 0.5) is 13.2 Å². The first-order chi connectivity index (χ1) is 12.7. The summed E-state index contributed by atoms with van der Waals surface area (Å²) in [5.41, 5.74) is -0.379. The highest BCUT2D eigenvalue weighted by Crippen LogP contribution is 2.35. The van der Waals surface area contributed by atoms with Gasteiger partial charge in [-0.25, -0.2) is 0 Å². The minimum atomic E-state index is -4.70. The number of alkyl halides is 3. The van der Waals surface area contributed by atoms with E-state index in [1.54, 1.807) is 0 Å². The van der Waals surface area contributed by atoms with Gasteiger partial charge >= 0.3 is 6.18 Å². The molecule has 0 bridgehead atoms. The fourth-order valence-electron chi connectivity index (χ4n) is 3.02. The predicted octanol–water partition coefficient (Wildman–Crippen LogP) is 3.70. The second-order valence-corrected chi connectivity index (χ2v) is 7.14. The molecule has 1 fully saturated rings. The van der Waals surface area contributed by atoms with Crippen LogP contribution in [0.3, 0.4) is 0 Å². The number of aryl methyl sites for hydroxylation is 1. The summed E-state index contributed by atoms with van der Waals surface area (Å²) in [6, 6.07) is 7.51. The Morgan fingerprint density at radius 3 is 2.22 bits per heavy atom. The van der Waals surface area contributed by atoms with Gasteiger partial charge in [-0.05, 0) is 17.7 Å². The van der Waals surface area contributed by atoms with Crippen LogP contribution in [0.1, 0.15) is 21.7 Å². The third-order valence-electron chi connectivity index (χ3n) is 4.44. The number of hydrogen-bond donors (Lipinski definition) is 0. The molecule has 2 aromatic rings. The number of carbonyl (C=O) groups is 1. The number of carbonyl (C=O) groups excluding carboxylic acids is 1. The molecule has 0 spiro atoms. The van der Waals surface area contributed by atoms with Gasteiger partial charge in [-0.2, -0.15) is 18.3 Å². The van der Waals surface area contributed by atoms with E-state index in [0.717, 1.165) is 10.2 Å². The highest BCUT2D eigenvalue weighted by Gasteiger charge is 2.40. The molecule has 27 heavy (non-hydrogen) atoms. The van der Waals surface area contributed by atoms with Crippen molar-refractivity contribution in [1.29, 1.82) is 0 Å². The van der Waals surface area contributed by atoms with Crippen molar-refractivity contribution in [1.82, 2.24) is 19.6 Å². The largest absolute Gasteiger partial charge is 0.436 e. The first-order valence-electron chi connectivity index (χ1n) is 8.22. The summed E-state index contributed by atoms with van der Waals surface area (Å²) < 4.78 is 39.7. The molecule has 1 aromatic carbocycles. The molecule has 1 aliphatic heterocycles. The smallest absolute Gasteiger partial charge is 0.335 e. The molecule has 1 aromatic heterocycles. The Morgan fingerprint density at radius 1 is 1.11 bits per heavy atom. The van der Waals surface area contributed by atoms with Gasteiger partial charge in [0.1, 0.15) is 10.7 Å². The third kappa shape index (κ3) is 4.39. The number of benzene rings is 1. The quantitative estimate of drug-likeness (QED) is 0.759. The van der Waals surface area contributed by atoms with Crippen molar-refractivity contribution in [3.05, 3.63) is 51.3 Å². The molecule has 0 unspecified atom stereocenters. The van der Waals surface area contributed by atoms with Crippen LogP contribution < -0.4 is 0 Å². The van der Waals surface area contributed by atoms with Crippen LogP contribution in [0.2, 0.25) is 10.0 Å². The molecule has 0 N–H and O–H groups in total. The molecule has 1 saturated heterocycles. The van der Waals surface area contributed by atoms with Crippen LogP contribution in [-0.2, 0) is 19.8 Å². The highest BCUT2D eigenvalue weighted by molar-refractivity contribution is 6.34. The maximum atomic E-state index is 12.9. The van der Waals surface area contributed by atoms with Crippen LogP contribution in [-0.4, -0.2) is 51.7 Å². The summed E-state index contributed by atoms with van der Waals surface area (Å²) in [6.45, 7) is 2.72. The number of halogens is 5. The zero-order valence-electron chi connectivity index (χ0n) is 14.4. The van der Waals surface area contributed by atoms with Crippen LogP contribution in [0.25, 0.3) is 0 Å². The lowest BCUT2D eigenvalue weighted by atomic mass is 10.2. The molecule has 5 nitrogen and oxygen atoms in total. The van der Waals surface area contributed by atoms with Crippen LogP contribution in [0, 0.1) is 0 Å². The average molecular weight is 421 g/mol. The minimum absolute atomic E-state index is 0.241. The van der Waals surface area contributed by atoms with E-state index in [4.69, 9.17) is 23.2 Å². The van der Waals surface area contributed by atoms with Crippen molar-refractivity contribution < 1.29 is 18.0 Å². The van der Waals surface area contributed by atoms with Crippen LogP contribution in [0.15, 0.2) is 24.3 Å². The van der Waals surface area contributed by atoms with Crippen molar-refractivity contribution in [3.8, 4) is 0 Å². The van der Waals surface area contributed by atoms with Crippen LogP contribution in [0.5, 0.6) is 0 Å². The highest BCUT2D eigenvalue weighted by atomic mass is 35.5. The number of rotatable bonds is 3. The summed E-state index contributed by atoms with van der Waals surface area (Å²) in [4.78, 5) is 16.3. The van der Waals surface area contributed by atoms with E-state index in [9.17, 15) is 18.0 Å². The molecule has 146 valence electrons. The molecular weight excluding hydrogens is 404 g/mol. The number of nitrogens with zero attached hydrogens (tertiary/aromatic N) is 4. The second-order valence-electron chi connectivity index (χ2n) is 6.33. The SMILES string of the molecule is Cn1nc(C(F)(F)F)c(Cl)c1C(=O)N1CCN(Cc2ccc(Cl)cc2)CC1. The van der Waals surface area contributed by atoms with Gasteiger partial charge in [-0.1, -0.05) is 35.3 Å². The fraction of sp³-hybridized carbons (Fsp3) is 0.412. The number of piperazine rings is 1. The number of hydrogen-bond acceptors (Lipinski definition) is 3. The average Bonchev–Trinajstić information content (AvgIpc) is 2.92. The maximum absolute atomic E-state index is 12.9.